The van der Waals surface area contributed by atoms with Crippen LogP contribution in [0, 0.1) is 10.1 Å². The summed E-state index contributed by atoms with van der Waals surface area (Å²) < 4.78 is 24.3. The Kier molecular flexibility index (Phi) is 4.35. The molecule has 0 amide bonds. The van der Waals surface area contributed by atoms with E-state index < -0.39 is 21.1 Å². The summed E-state index contributed by atoms with van der Waals surface area (Å²) in [6.45, 7) is 1.08. The average molecular weight is 275 g/mol. The SMILES string of the molecule is CC(O)CN(N)S(=O)(=O)c1cccc([N+](=O)[O-])c1. The lowest BCUT2D eigenvalue weighted by molar-refractivity contribution is -0.385. The van der Waals surface area contributed by atoms with E-state index in [0.717, 1.165) is 6.07 Å². The lowest BCUT2D eigenvalue weighted by Gasteiger charge is -2.17. The maximum atomic E-state index is 11.9. The molecule has 1 unspecified atom stereocenters. The van der Waals surface area contributed by atoms with Crippen molar-refractivity contribution in [2.24, 2.45) is 5.84 Å². The smallest absolute Gasteiger partial charge is 0.270 e. The number of aliphatic hydroxyl groups is 1. The number of sulfonamides is 1. The average Bonchev–Trinajstić information content (AvgIpc) is 2.28. The highest BCUT2D eigenvalue weighted by Crippen LogP contribution is 2.19. The van der Waals surface area contributed by atoms with Gasteiger partial charge in [0, 0.05) is 12.1 Å². The van der Waals surface area contributed by atoms with E-state index in [4.69, 9.17) is 10.9 Å². The first kappa shape index (κ1) is 14.5. The van der Waals surface area contributed by atoms with Gasteiger partial charge in [-0.1, -0.05) is 6.07 Å². The molecule has 1 rings (SSSR count). The van der Waals surface area contributed by atoms with Crippen LogP contribution < -0.4 is 5.84 Å². The molecule has 9 heteroatoms. The highest BCUT2D eigenvalue weighted by atomic mass is 32.2. The van der Waals surface area contributed by atoms with E-state index in [0.29, 0.717) is 4.41 Å². The summed E-state index contributed by atoms with van der Waals surface area (Å²) in [5.41, 5.74) is -0.346. The topological polar surface area (TPSA) is 127 Å². The van der Waals surface area contributed by atoms with Crippen LogP contribution in [0.2, 0.25) is 0 Å². The summed E-state index contributed by atoms with van der Waals surface area (Å²) in [4.78, 5) is 9.56. The Balaban J connectivity index is 3.12. The zero-order valence-electron chi connectivity index (χ0n) is 9.55. The molecule has 0 aliphatic heterocycles. The first-order valence-electron chi connectivity index (χ1n) is 4.95. The van der Waals surface area contributed by atoms with Gasteiger partial charge in [-0.2, -0.15) is 0 Å². The molecule has 18 heavy (non-hydrogen) atoms. The van der Waals surface area contributed by atoms with Gasteiger partial charge < -0.3 is 5.11 Å². The lowest BCUT2D eigenvalue weighted by atomic mass is 10.3. The number of hydrogen-bond acceptors (Lipinski definition) is 6. The second-order valence-electron chi connectivity index (χ2n) is 3.68. The van der Waals surface area contributed by atoms with E-state index in [1.54, 1.807) is 0 Å². The first-order chi connectivity index (χ1) is 8.25. The van der Waals surface area contributed by atoms with Crippen LogP contribution >= 0.6 is 0 Å². The fourth-order valence-corrected chi connectivity index (χ4v) is 2.45. The Hall–Kier alpha value is -1.55. The minimum atomic E-state index is -4.04. The lowest BCUT2D eigenvalue weighted by Crippen LogP contribution is -2.41. The molecule has 1 atom stereocenters. The molecule has 0 saturated carbocycles. The van der Waals surface area contributed by atoms with Crippen molar-refractivity contribution >= 4 is 15.7 Å². The molecule has 0 spiro atoms. The molecule has 1 aromatic carbocycles. The summed E-state index contributed by atoms with van der Waals surface area (Å²) in [6.07, 6.45) is -0.941. The van der Waals surface area contributed by atoms with Gasteiger partial charge in [0.05, 0.1) is 22.5 Å². The zero-order valence-corrected chi connectivity index (χ0v) is 10.4. The van der Waals surface area contributed by atoms with Crippen molar-refractivity contribution in [2.45, 2.75) is 17.9 Å². The van der Waals surface area contributed by atoms with Crippen molar-refractivity contribution in [3.05, 3.63) is 34.4 Å². The van der Waals surface area contributed by atoms with Gasteiger partial charge in [0.1, 0.15) is 0 Å². The van der Waals surface area contributed by atoms with Crippen LogP contribution in [0.3, 0.4) is 0 Å². The van der Waals surface area contributed by atoms with E-state index in [2.05, 4.69) is 0 Å². The van der Waals surface area contributed by atoms with Crippen molar-refractivity contribution in [1.82, 2.24) is 4.41 Å². The maximum absolute atomic E-state index is 11.9. The molecule has 0 radical (unpaired) electrons. The molecule has 0 aliphatic rings. The number of rotatable bonds is 5. The van der Waals surface area contributed by atoms with Crippen molar-refractivity contribution in [2.75, 3.05) is 6.54 Å². The normalized spacial score (nSPS) is 13.6. The van der Waals surface area contributed by atoms with Gasteiger partial charge in [0.15, 0.2) is 0 Å². The number of non-ortho nitro benzene ring substituents is 1. The van der Waals surface area contributed by atoms with E-state index in [1.807, 2.05) is 0 Å². The molecule has 0 saturated heterocycles. The van der Waals surface area contributed by atoms with Crippen LogP contribution in [0.25, 0.3) is 0 Å². The van der Waals surface area contributed by atoms with Gasteiger partial charge in [-0.3, -0.25) is 16.0 Å². The number of hydrogen-bond donors (Lipinski definition) is 2. The van der Waals surface area contributed by atoms with Crippen molar-refractivity contribution in [3.63, 3.8) is 0 Å². The molecule has 0 fully saturated rings. The third-order valence-electron chi connectivity index (χ3n) is 2.08. The minimum Gasteiger partial charge on any atom is -0.392 e. The zero-order chi connectivity index (χ0) is 13.9. The number of nitrogens with zero attached hydrogens (tertiary/aromatic N) is 2. The molecular weight excluding hydrogens is 262 g/mol. The van der Waals surface area contributed by atoms with Gasteiger partial charge in [-0.15, -0.1) is 4.41 Å². The summed E-state index contributed by atoms with van der Waals surface area (Å²) in [6, 6.07) is 4.54. The highest BCUT2D eigenvalue weighted by Gasteiger charge is 2.24. The van der Waals surface area contributed by atoms with Gasteiger partial charge >= 0.3 is 0 Å². The van der Waals surface area contributed by atoms with Crippen LogP contribution in [-0.4, -0.2) is 35.5 Å². The molecule has 0 heterocycles. The van der Waals surface area contributed by atoms with Crippen LogP contribution in [0.15, 0.2) is 29.2 Å². The standard InChI is InChI=1S/C9H13N3O5S/c1-7(13)6-11(10)18(16,17)9-4-2-3-8(5-9)12(14)15/h2-5,7,13H,6,10H2,1H3. The van der Waals surface area contributed by atoms with Crippen molar-refractivity contribution in [1.29, 1.82) is 0 Å². The first-order valence-corrected chi connectivity index (χ1v) is 6.39. The Labute approximate surface area is 104 Å². The number of benzene rings is 1. The fourth-order valence-electron chi connectivity index (χ4n) is 1.25. The predicted molar refractivity (Wildman–Crippen MR) is 62.9 cm³/mol. The fraction of sp³-hybridized carbons (Fsp3) is 0.333. The number of aliphatic hydroxyl groups excluding tert-OH is 1. The Morgan fingerprint density at radius 3 is 2.67 bits per heavy atom. The quantitative estimate of drug-likeness (QED) is 0.436. The summed E-state index contributed by atoms with van der Waals surface area (Å²) in [5, 5.41) is 19.6. The molecule has 1 aromatic rings. The van der Waals surface area contributed by atoms with E-state index >= 15 is 0 Å². The number of nitro groups is 1. The van der Waals surface area contributed by atoms with Gasteiger partial charge in [-0.25, -0.2) is 8.42 Å². The molecular formula is C9H13N3O5S. The second-order valence-corrected chi connectivity index (χ2v) is 5.57. The number of hydrazine groups is 1. The summed E-state index contributed by atoms with van der Waals surface area (Å²) in [5.74, 6) is 5.33. The molecule has 0 aromatic heterocycles. The summed E-state index contributed by atoms with van der Waals surface area (Å²) in [7, 11) is -4.04. The van der Waals surface area contributed by atoms with E-state index in [-0.39, 0.29) is 17.1 Å². The largest absolute Gasteiger partial charge is 0.392 e. The van der Waals surface area contributed by atoms with Crippen LogP contribution in [0.5, 0.6) is 0 Å². The number of nitrogens with two attached hydrogens (primary N) is 1. The molecule has 8 nitrogen and oxygen atoms in total. The third-order valence-corrected chi connectivity index (χ3v) is 3.70. The van der Waals surface area contributed by atoms with Crippen LogP contribution in [0.4, 0.5) is 5.69 Å². The van der Waals surface area contributed by atoms with E-state index in [1.165, 1.54) is 25.1 Å². The minimum absolute atomic E-state index is 0.292. The van der Waals surface area contributed by atoms with Gasteiger partial charge in [0.25, 0.3) is 15.7 Å². The molecule has 100 valence electrons. The van der Waals surface area contributed by atoms with Gasteiger partial charge in [0.2, 0.25) is 0 Å². The monoisotopic (exact) mass is 275 g/mol. The van der Waals surface area contributed by atoms with Crippen molar-refractivity contribution in [3.8, 4) is 0 Å². The third kappa shape index (κ3) is 3.23. The Bertz CT molecular complexity index is 543. The summed E-state index contributed by atoms with van der Waals surface area (Å²) >= 11 is 0. The molecule has 3 N–H and O–H groups in total. The molecule has 0 bridgehead atoms. The molecule has 0 aliphatic carbocycles. The predicted octanol–water partition coefficient (Wildman–Crippen LogP) is -0.160. The van der Waals surface area contributed by atoms with Crippen LogP contribution in [-0.2, 0) is 10.0 Å². The number of nitro benzene ring substituents is 1. The Morgan fingerprint density at radius 1 is 1.56 bits per heavy atom. The Morgan fingerprint density at radius 2 is 2.17 bits per heavy atom. The van der Waals surface area contributed by atoms with Crippen LogP contribution in [0.1, 0.15) is 6.92 Å². The maximum Gasteiger partial charge on any atom is 0.270 e. The second kappa shape index (κ2) is 5.40. The van der Waals surface area contributed by atoms with Gasteiger partial charge in [-0.05, 0) is 13.0 Å². The highest BCUT2D eigenvalue weighted by molar-refractivity contribution is 7.89. The van der Waals surface area contributed by atoms with Crippen molar-refractivity contribution < 1.29 is 18.4 Å². The van der Waals surface area contributed by atoms with E-state index in [9.17, 15) is 18.5 Å².